The number of hydrogen-bond acceptors (Lipinski definition) is 5. The number of anilines is 1. The smallest absolute Gasteiger partial charge is 0.338 e. The highest BCUT2D eigenvalue weighted by Gasteiger charge is 2.36. The minimum absolute atomic E-state index is 0.0102. The summed E-state index contributed by atoms with van der Waals surface area (Å²) in [6, 6.07) is 12.9. The Morgan fingerprint density at radius 3 is 2.56 bits per heavy atom. The van der Waals surface area contributed by atoms with Crippen LogP contribution in [0, 0.1) is 0 Å². The summed E-state index contributed by atoms with van der Waals surface area (Å²) in [5, 5.41) is 0. The average molecular weight is 387 g/mol. The molecular weight excluding hydrogens is 366 g/mol. The van der Waals surface area contributed by atoms with E-state index in [2.05, 4.69) is 0 Å². The first-order chi connectivity index (χ1) is 12.7. The van der Waals surface area contributed by atoms with Gasteiger partial charge in [-0.25, -0.2) is 13.2 Å². The topological polar surface area (TPSA) is 80.8 Å². The fourth-order valence-corrected chi connectivity index (χ4v) is 4.85. The zero-order valence-corrected chi connectivity index (χ0v) is 16.2. The molecule has 2 atom stereocenters. The van der Waals surface area contributed by atoms with Gasteiger partial charge < -0.3 is 4.74 Å². The van der Waals surface area contributed by atoms with Gasteiger partial charge in [0.05, 0.1) is 16.1 Å². The first-order valence-corrected chi connectivity index (χ1v) is 10.1. The van der Waals surface area contributed by atoms with Crippen LogP contribution in [-0.2, 0) is 26.0 Å². The Balaban J connectivity index is 1.95. The van der Waals surface area contributed by atoms with E-state index in [1.165, 1.54) is 42.4 Å². The molecule has 0 unspecified atom stereocenters. The molecule has 0 amide bonds. The van der Waals surface area contributed by atoms with Crippen molar-refractivity contribution in [3.63, 3.8) is 0 Å². The summed E-state index contributed by atoms with van der Waals surface area (Å²) in [7, 11) is -3.84. The maximum atomic E-state index is 13.2. The Labute approximate surface area is 158 Å². The summed E-state index contributed by atoms with van der Waals surface area (Å²) < 4.78 is 32.9. The number of fused-ring (bicyclic) bond motifs is 1. The van der Waals surface area contributed by atoms with Crippen LogP contribution in [0.1, 0.15) is 36.7 Å². The SMILES string of the molecule is CC(=O)[C@@H](C)OC(=O)c1cccc(S(=O)(=O)N2c3ccccc3C[C@H]2C)c1. The number of hydrogen-bond donors (Lipinski definition) is 0. The van der Waals surface area contributed by atoms with Crippen LogP contribution < -0.4 is 4.31 Å². The lowest BCUT2D eigenvalue weighted by molar-refractivity contribution is -0.124. The van der Waals surface area contributed by atoms with E-state index in [0.717, 1.165) is 5.56 Å². The fourth-order valence-electron chi connectivity index (χ4n) is 3.11. The Kier molecular flexibility index (Phi) is 5.06. The van der Waals surface area contributed by atoms with Crippen molar-refractivity contribution in [1.29, 1.82) is 0 Å². The van der Waals surface area contributed by atoms with Gasteiger partial charge in [-0.1, -0.05) is 24.3 Å². The quantitative estimate of drug-likeness (QED) is 0.737. The summed E-state index contributed by atoms with van der Waals surface area (Å²) in [5.74, 6) is -1.01. The molecule has 1 aliphatic rings. The number of sulfonamides is 1. The number of rotatable bonds is 5. The van der Waals surface area contributed by atoms with Crippen LogP contribution in [0.15, 0.2) is 53.4 Å². The van der Waals surface area contributed by atoms with E-state index in [0.29, 0.717) is 12.1 Å². The molecule has 0 bridgehead atoms. The molecule has 0 radical (unpaired) electrons. The lowest BCUT2D eigenvalue weighted by atomic mass is 10.1. The number of ketones is 1. The number of Topliss-reactive ketones (excluding diaryl/α,β-unsaturated/α-hetero) is 1. The van der Waals surface area contributed by atoms with Crippen molar-refractivity contribution < 1.29 is 22.7 Å². The molecule has 0 saturated carbocycles. The first kappa shape index (κ1) is 19.1. The third kappa shape index (κ3) is 3.60. The summed E-state index contributed by atoms with van der Waals surface area (Å²) in [4.78, 5) is 23.5. The van der Waals surface area contributed by atoms with Crippen LogP contribution in [0.4, 0.5) is 5.69 Å². The van der Waals surface area contributed by atoms with Gasteiger partial charge >= 0.3 is 5.97 Å². The highest BCUT2D eigenvalue weighted by molar-refractivity contribution is 7.92. The van der Waals surface area contributed by atoms with Gasteiger partial charge in [0.15, 0.2) is 11.9 Å². The minimum atomic E-state index is -3.84. The van der Waals surface area contributed by atoms with Gasteiger partial charge in [0.25, 0.3) is 10.0 Å². The molecule has 0 saturated heterocycles. The molecule has 27 heavy (non-hydrogen) atoms. The van der Waals surface area contributed by atoms with Crippen LogP contribution >= 0.6 is 0 Å². The number of para-hydroxylation sites is 1. The molecule has 0 spiro atoms. The summed E-state index contributed by atoms with van der Waals surface area (Å²) in [5.41, 5.74) is 1.71. The Bertz CT molecular complexity index is 999. The summed E-state index contributed by atoms with van der Waals surface area (Å²) in [6.07, 6.45) is -0.254. The molecule has 1 aliphatic heterocycles. The van der Waals surface area contributed by atoms with Crippen LogP contribution in [0.3, 0.4) is 0 Å². The van der Waals surface area contributed by atoms with E-state index in [1.54, 1.807) is 12.1 Å². The number of carbonyl (C=O) groups excluding carboxylic acids is 2. The van der Waals surface area contributed by atoms with Gasteiger partial charge in [-0.2, -0.15) is 0 Å². The van der Waals surface area contributed by atoms with Crippen LogP contribution in [0.2, 0.25) is 0 Å². The van der Waals surface area contributed by atoms with E-state index < -0.39 is 22.1 Å². The van der Waals surface area contributed by atoms with Crippen molar-refractivity contribution in [1.82, 2.24) is 0 Å². The maximum absolute atomic E-state index is 13.2. The van der Waals surface area contributed by atoms with Crippen molar-refractivity contribution in [2.24, 2.45) is 0 Å². The Hall–Kier alpha value is -2.67. The second-order valence-corrected chi connectivity index (χ2v) is 8.48. The predicted molar refractivity (Wildman–Crippen MR) is 101 cm³/mol. The zero-order chi connectivity index (χ0) is 19.8. The van der Waals surface area contributed by atoms with Crippen molar-refractivity contribution >= 4 is 27.5 Å². The summed E-state index contributed by atoms with van der Waals surface area (Å²) >= 11 is 0. The molecule has 142 valence electrons. The van der Waals surface area contributed by atoms with Crippen LogP contribution in [0.25, 0.3) is 0 Å². The molecular formula is C20H21NO5S. The molecule has 0 fully saturated rings. The summed E-state index contributed by atoms with van der Waals surface area (Å²) in [6.45, 7) is 4.65. The fraction of sp³-hybridized carbons (Fsp3) is 0.300. The van der Waals surface area contributed by atoms with E-state index in [4.69, 9.17) is 4.74 Å². The van der Waals surface area contributed by atoms with Crippen LogP contribution in [-0.4, -0.2) is 32.3 Å². The van der Waals surface area contributed by atoms with E-state index >= 15 is 0 Å². The van der Waals surface area contributed by atoms with E-state index in [9.17, 15) is 18.0 Å². The third-order valence-corrected chi connectivity index (χ3v) is 6.55. The van der Waals surface area contributed by atoms with Crippen molar-refractivity contribution in [3.8, 4) is 0 Å². The second kappa shape index (κ2) is 7.15. The highest BCUT2D eigenvalue weighted by atomic mass is 32.2. The van der Waals surface area contributed by atoms with Gasteiger partial charge in [0.1, 0.15) is 0 Å². The third-order valence-electron chi connectivity index (χ3n) is 4.63. The normalized spacial score (nSPS) is 17.3. The maximum Gasteiger partial charge on any atom is 0.338 e. The predicted octanol–water partition coefficient (Wildman–Crippen LogP) is 2.96. The van der Waals surface area contributed by atoms with Gasteiger partial charge in [-0.15, -0.1) is 0 Å². The van der Waals surface area contributed by atoms with Gasteiger partial charge in [0, 0.05) is 6.04 Å². The average Bonchev–Trinajstić information content (AvgIpc) is 2.98. The minimum Gasteiger partial charge on any atom is -0.451 e. The van der Waals surface area contributed by atoms with Crippen molar-refractivity contribution in [2.45, 2.75) is 44.2 Å². The second-order valence-electron chi connectivity index (χ2n) is 6.67. The number of ether oxygens (including phenoxy) is 1. The molecule has 1 heterocycles. The van der Waals surface area contributed by atoms with Gasteiger partial charge in [-0.3, -0.25) is 9.10 Å². The molecule has 2 aromatic rings. The number of benzene rings is 2. The Morgan fingerprint density at radius 1 is 1.15 bits per heavy atom. The number of carbonyl (C=O) groups is 2. The first-order valence-electron chi connectivity index (χ1n) is 8.65. The number of esters is 1. The van der Waals surface area contributed by atoms with Gasteiger partial charge in [0.2, 0.25) is 0 Å². The lowest BCUT2D eigenvalue weighted by Crippen LogP contribution is -2.35. The zero-order valence-electron chi connectivity index (χ0n) is 15.4. The molecule has 0 N–H and O–H groups in total. The molecule has 7 heteroatoms. The molecule has 6 nitrogen and oxygen atoms in total. The largest absolute Gasteiger partial charge is 0.451 e. The van der Waals surface area contributed by atoms with E-state index in [-0.39, 0.29) is 22.3 Å². The lowest BCUT2D eigenvalue weighted by Gasteiger charge is -2.24. The molecule has 0 aromatic heterocycles. The van der Waals surface area contributed by atoms with Crippen molar-refractivity contribution in [2.75, 3.05) is 4.31 Å². The monoisotopic (exact) mass is 387 g/mol. The standard InChI is InChI=1S/C20H21NO5S/c1-13-11-16-7-4-5-10-19(16)21(13)27(24,25)18-9-6-8-17(12-18)20(23)26-15(3)14(2)22/h4-10,12-13,15H,11H2,1-3H3/t13-,15-/m1/s1. The van der Waals surface area contributed by atoms with Crippen molar-refractivity contribution in [3.05, 3.63) is 59.7 Å². The number of nitrogens with zero attached hydrogens (tertiary/aromatic N) is 1. The van der Waals surface area contributed by atoms with Gasteiger partial charge in [-0.05, 0) is 57.0 Å². The van der Waals surface area contributed by atoms with Crippen LogP contribution in [0.5, 0.6) is 0 Å². The Morgan fingerprint density at radius 2 is 1.85 bits per heavy atom. The molecule has 0 aliphatic carbocycles. The molecule has 2 aromatic carbocycles. The highest BCUT2D eigenvalue weighted by Crippen LogP contribution is 2.36. The van der Waals surface area contributed by atoms with E-state index in [1.807, 2.05) is 19.1 Å². The molecule has 3 rings (SSSR count).